The van der Waals surface area contributed by atoms with E-state index in [0.29, 0.717) is 27.2 Å². The summed E-state index contributed by atoms with van der Waals surface area (Å²) in [6.07, 6.45) is 0. The number of ether oxygens (including phenoxy) is 2. The number of nitrogens with zero attached hydrogens (tertiary/aromatic N) is 1. The second-order valence-corrected chi connectivity index (χ2v) is 8.12. The predicted molar refractivity (Wildman–Crippen MR) is 108 cm³/mol. The van der Waals surface area contributed by atoms with Crippen molar-refractivity contribution in [2.75, 3.05) is 17.4 Å². The van der Waals surface area contributed by atoms with Gasteiger partial charge in [0.15, 0.2) is 16.6 Å². The summed E-state index contributed by atoms with van der Waals surface area (Å²) in [6.45, 7) is 3.88. The summed E-state index contributed by atoms with van der Waals surface area (Å²) in [4.78, 5) is 29.5. The minimum absolute atomic E-state index is 0.204. The van der Waals surface area contributed by atoms with Gasteiger partial charge in [-0.15, -0.1) is 22.7 Å². The highest BCUT2D eigenvalue weighted by atomic mass is 32.1. The Morgan fingerprint density at radius 3 is 2.79 bits per heavy atom. The highest BCUT2D eigenvalue weighted by Crippen LogP contribution is 2.36. The Kier molecular flexibility index (Phi) is 4.65. The van der Waals surface area contributed by atoms with Gasteiger partial charge in [0.05, 0.1) is 5.56 Å². The highest BCUT2D eigenvalue weighted by molar-refractivity contribution is 7.17. The molecule has 28 heavy (non-hydrogen) atoms. The summed E-state index contributed by atoms with van der Waals surface area (Å²) in [5.41, 5.74) is 7.57. The van der Waals surface area contributed by atoms with Crippen LogP contribution in [0.1, 0.15) is 31.3 Å². The normalized spacial score (nSPS) is 12.1. The van der Waals surface area contributed by atoms with E-state index in [1.807, 2.05) is 13.0 Å². The van der Waals surface area contributed by atoms with Crippen molar-refractivity contribution in [3.05, 3.63) is 45.3 Å². The Morgan fingerprint density at radius 1 is 1.21 bits per heavy atom. The molecule has 0 unspecified atom stereocenters. The number of hydrogen-bond donors (Lipinski definition) is 3. The van der Waals surface area contributed by atoms with Crippen LogP contribution in [0.15, 0.2) is 23.6 Å². The molecule has 1 aliphatic heterocycles. The Labute approximate surface area is 168 Å². The van der Waals surface area contributed by atoms with Crippen molar-refractivity contribution in [3.63, 3.8) is 0 Å². The minimum atomic E-state index is -0.569. The fourth-order valence-corrected chi connectivity index (χ4v) is 4.48. The molecule has 0 bridgehead atoms. The number of hydrogen-bond acceptors (Lipinski definition) is 8. The van der Waals surface area contributed by atoms with Crippen LogP contribution in [-0.2, 0) is 0 Å². The zero-order valence-electron chi connectivity index (χ0n) is 15.0. The molecular weight excluding hydrogens is 400 g/mol. The van der Waals surface area contributed by atoms with Crippen LogP contribution >= 0.6 is 22.7 Å². The molecule has 2 amide bonds. The van der Waals surface area contributed by atoms with E-state index < -0.39 is 11.8 Å². The van der Waals surface area contributed by atoms with Gasteiger partial charge in [0, 0.05) is 22.0 Å². The molecule has 8 nitrogen and oxygen atoms in total. The summed E-state index contributed by atoms with van der Waals surface area (Å²) in [5, 5.41) is 8.51. The largest absolute Gasteiger partial charge is 0.454 e. The molecule has 0 fully saturated rings. The molecule has 0 aliphatic carbocycles. The Morgan fingerprint density at radius 2 is 2.00 bits per heavy atom. The summed E-state index contributed by atoms with van der Waals surface area (Å²) in [7, 11) is 0. The van der Waals surface area contributed by atoms with Crippen LogP contribution in [0.2, 0.25) is 0 Å². The number of anilines is 3. The quantitative estimate of drug-likeness (QED) is 0.585. The van der Waals surface area contributed by atoms with Crippen molar-refractivity contribution in [1.82, 2.24) is 4.98 Å². The number of benzene rings is 1. The molecule has 10 heteroatoms. The fraction of sp³-hybridized carbons (Fsp3) is 0.167. The Balaban J connectivity index is 1.49. The van der Waals surface area contributed by atoms with E-state index in [2.05, 4.69) is 15.6 Å². The van der Waals surface area contributed by atoms with Crippen LogP contribution in [0.3, 0.4) is 0 Å². The van der Waals surface area contributed by atoms with Crippen LogP contribution in [0.4, 0.5) is 15.8 Å². The lowest BCUT2D eigenvalue weighted by Crippen LogP contribution is -2.17. The zero-order valence-corrected chi connectivity index (χ0v) is 16.6. The molecule has 1 aliphatic rings. The predicted octanol–water partition coefficient (Wildman–Crippen LogP) is 3.64. The number of rotatable bonds is 5. The maximum absolute atomic E-state index is 12.6. The van der Waals surface area contributed by atoms with Gasteiger partial charge in [-0.3, -0.25) is 9.59 Å². The number of aryl methyl sites for hydroxylation is 1. The lowest BCUT2D eigenvalue weighted by Gasteiger charge is -2.04. The molecule has 4 N–H and O–H groups in total. The monoisotopic (exact) mass is 416 g/mol. The number of primary amides is 1. The molecule has 144 valence electrons. The smallest absolute Gasteiger partial charge is 0.275 e. The Hall–Kier alpha value is -3.11. The average molecular weight is 416 g/mol. The van der Waals surface area contributed by atoms with Crippen LogP contribution in [0, 0.1) is 13.8 Å². The molecule has 2 aromatic heterocycles. The van der Waals surface area contributed by atoms with Crippen LogP contribution in [0.25, 0.3) is 0 Å². The topological polar surface area (TPSA) is 116 Å². The van der Waals surface area contributed by atoms with Gasteiger partial charge in [0.25, 0.3) is 11.8 Å². The molecule has 1 aromatic carbocycles. The van der Waals surface area contributed by atoms with Gasteiger partial charge in [-0.05, 0) is 31.5 Å². The summed E-state index contributed by atoms with van der Waals surface area (Å²) >= 11 is 2.61. The first-order valence-electron chi connectivity index (χ1n) is 8.25. The molecule has 0 radical (unpaired) electrons. The number of carbonyl (C=O) groups excluding carboxylic acids is 2. The molecule has 0 saturated heterocycles. The number of carbonyl (C=O) groups is 2. The number of thiophene rings is 1. The molecule has 0 saturated carbocycles. The van der Waals surface area contributed by atoms with Gasteiger partial charge in [0.1, 0.15) is 10.7 Å². The van der Waals surface area contributed by atoms with Crippen LogP contribution in [0.5, 0.6) is 11.5 Å². The van der Waals surface area contributed by atoms with Gasteiger partial charge in [-0.2, -0.15) is 0 Å². The van der Waals surface area contributed by atoms with Crippen molar-refractivity contribution in [1.29, 1.82) is 0 Å². The second kappa shape index (κ2) is 7.13. The highest BCUT2D eigenvalue weighted by Gasteiger charge is 2.21. The van der Waals surface area contributed by atoms with Gasteiger partial charge in [-0.1, -0.05) is 0 Å². The Bertz CT molecular complexity index is 1090. The fourth-order valence-electron chi connectivity index (χ4n) is 2.71. The SMILES string of the molecule is Cc1sc(NC(=O)c2csc(Nc3ccc4c(c3)OCO4)n2)c(C(N)=O)c1C. The summed E-state index contributed by atoms with van der Waals surface area (Å²) in [5.74, 6) is 0.373. The third-order valence-corrected chi connectivity index (χ3v) is 6.10. The van der Waals surface area contributed by atoms with Crippen LogP contribution < -0.4 is 25.8 Å². The van der Waals surface area contributed by atoms with E-state index in [4.69, 9.17) is 15.2 Å². The first kappa shape index (κ1) is 18.3. The van der Waals surface area contributed by atoms with Gasteiger partial charge in [-0.25, -0.2) is 4.98 Å². The number of aromatic nitrogens is 1. The van der Waals surface area contributed by atoms with Crippen LogP contribution in [-0.4, -0.2) is 23.6 Å². The number of fused-ring (bicyclic) bond motifs is 1. The standard InChI is InChI=1S/C18H16N4O4S2/c1-8-9(2)28-17(14(8)15(19)23)22-16(24)11-6-27-18(21-11)20-10-3-4-12-13(5-10)26-7-25-12/h3-6H,7H2,1-2H3,(H2,19,23)(H,20,21)(H,22,24). The molecule has 3 heterocycles. The maximum Gasteiger partial charge on any atom is 0.275 e. The summed E-state index contributed by atoms with van der Waals surface area (Å²) < 4.78 is 10.6. The number of nitrogens with one attached hydrogen (secondary N) is 2. The molecule has 3 aromatic rings. The third-order valence-electron chi connectivity index (χ3n) is 4.22. The van der Waals surface area contributed by atoms with Crippen molar-refractivity contribution in [3.8, 4) is 11.5 Å². The first-order valence-corrected chi connectivity index (χ1v) is 9.95. The molecular formula is C18H16N4O4S2. The van der Waals surface area contributed by atoms with Gasteiger partial charge in [0.2, 0.25) is 6.79 Å². The van der Waals surface area contributed by atoms with E-state index >= 15 is 0 Å². The van der Waals surface area contributed by atoms with E-state index in [9.17, 15) is 9.59 Å². The lowest BCUT2D eigenvalue weighted by atomic mass is 10.1. The summed E-state index contributed by atoms with van der Waals surface area (Å²) in [6, 6.07) is 5.45. The van der Waals surface area contributed by atoms with E-state index in [1.54, 1.807) is 24.4 Å². The number of amides is 2. The molecule has 4 rings (SSSR count). The number of thiazole rings is 1. The third kappa shape index (κ3) is 3.39. The minimum Gasteiger partial charge on any atom is -0.454 e. The van der Waals surface area contributed by atoms with Gasteiger partial charge < -0.3 is 25.8 Å². The van der Waals surface area contributed by atoms with E-state index in [0.717, 1.165) is 16.1 Å². The lowest BCUT2D eigenvalue weighted by molar-refractivity contribution is 0.100. The van der Waals surface area contributed by atoms with E-state index in [-0.39, 0.29) is 12.5 Å². The number of nitrogens with two attached hydrogens (primary N) is 1. The van der Waals surface area contributed by atoms with Crippen molar-refractivity contribution in [2.45, 2.75) is 13.8 Å². The molecule has 0 spiro atoms. The average Bonchev–Trinajstić information content (AvgIpc) is 3.35. The molecule has 0 atom stereocenters. The van der Waals surface area contributed by atoms with Crippen molar-refractivity contribution < 1.29 is 19.1 Å². The second-order valence-electron chi connectivity index (χ2n) is 6.04. The van der Waals surface area contributed by atoms with Gasteiger partial charge >= 0.3 is 0 Å². The zero-order chi connectivity index (χ0) is 19.8. The maximum atomic E-state index is 12.6. The van der Waals surface area contributed by atoms with Crippen molar-refractivity contribution in [2.24, 2.45) is 5.73 Å². The first-order chi connectivity index (χ1) is 13.4. The van der Waals surface area contributed by atoms with Crippen molar-refractivity contribution >= 4 is 50.3 Å². The van der Waals surface area contributed by atoms with E-state index in [1.165, 1.54) is 22.7 Å².